The lowest BCUT2D eigenvalue weighted by Gasteiger charge is -2.17. The zero-order chi connectivity index (χ0) is 26.0. The Balaban J connectivity index is 1.44. The maximum Gasteiger partial charge on any atom is 0.337 e. The Morgan fingerprint density at radius 1 is 1.17 bits per heavy atom. The van der Waals surface area contributed by atoms with Crippen molar-refractivity contribution in [1.29, 1.82) is 0 Å². The monoisotopic (exact) mass is 525 g/mol. The number of hydrogen-bond donors (Lipinski definition) is 1. The van der Waals surface area contributed by atoms with Crippen molar-refractivity contribution in [3.63, 3.8) is 0 Å². The maximum atomic E-state index is 12.9. The zero-order valence-corrected chi connectivity index (χ0v) is 21.5. The molecule has 2 aromatic carbocycles. The van der Waals surface area contributed by atoms with Crippen LogP contribution in [0.25, 0.3) is 17.4 Å². The van der Waals surface area contributed by atoms with E-state index in [-0.39, 0.29) is 39.8 Å². The van der Waals surface area contributed by atoms with E-state index in [9.17, 15) is 19.5 Å². The van der Waals surface area contributed by atoms with Crippen LogP contribution in [0, 0.1) is 6.92 Å². The number of carboxylic acids is 1. The van der Waals surface area contributed by atoms with E-state index in [2.05, 4.69) is 13.8 Å². The minimum absolute atomic E-state index is 0.0402. The van der Waals surface area contributed by atoms with Crippen LogP contribution in [0.4, 0.5) is 4.79 Å². The van der Waals surface area contributed by atoms with Gasteiger partial charge in [-0.15, -0.1) is 0 Å². The van der Waals surface area contributed by atoms with Gasteiger partial charge in [0.2, 0.25) is 0 Å². The Kier molecular flexibility index (Phi) is 7.56. The van der Waals surface area contributed by atoms with Crippen LogP contribution in [0.2, 0.25) is 5.02 Å². The first-order valence-corrected chi connectivity index (χ1v) is 12.4. The molecule has 1 aromatic heterocycles. The van der Waals surface area contributed by atoms with Gasteiger partial charge in [-0.1, -0.05) is 37.6 Å². The first-order chi connectivity index (χ1) is 17.1. The molecule has 1 saturated heterocycles. The van der Waals surface area contributed by atoms with Gasteiger partial charge < -0.3 is 14.3 Å². The van der Waals surface area contributed by atoms with E-state index >= 15 is 0 Å². The molecule has 0 aliphatic carbocycles. The predicted molar refractivity (Wildman–Crippen MR) is 140 cm³/mol. The summed E-state index contributed by atoms with van der Waals surface area (Å²) in [6.07, 6.45) is 1.50. The SMILES string of the molecule is Cc1ccc(C(C)C)c(OCCN2C(=O)S/C(=C\c3ccc(-c4ccc(Cl)c(C(=O)O)c4)o3)C2=O)c1. The number of hydrogen-bond acceptors (Lipinski definition) is 6. The highest BCUT2D eigenvalue weighted by molar-refractivity contribution is 8.18. The van der Waals surface area contributed by atoms with E-state index < -0.39 is 11.9 Å². The number of thioether (sulfide) groups is 1. The number of furan rings is 1. The molecule has 2 heterocycles. The van der Waals surface area contributed by atoms with Crippen LogP contribution in [0.15, 0.2) is 57.9 Å². The van der Waals surface area contributed by atoms with E-state index in [0.717, 1.165) is 33.5 Å². The quantitative estimate of drug-likeness (QED) is 0.321. The Hall–Kier alpha value is -3.49. The van der Waals surface area contributed by atoms with Gasteiger partial charge in [0.1, 0.15) is 23.9 Å². The first-order valence-electron chi connectivity index (χ1n) is 11.3. The summed E-state index contributed by atoms with van der Waals surface area (Å²) in [5.74, 6) is 0.243. The molecule has 0 unspecified atom stereocenters. The van der Waals surface area contributed by atoms with E-state index in [0.29, 0.717) is 17.1 Å². The number of carboxylic acid groups (broad SMARTS) is 1. The number of aromatic carboxylic acids is 1. The molecule has 7 nitrogen and oxygen atoms in total. The number of ether oxygens (including phenoxy) is 1. The topological polar surface area (TPSA) is 97.1 Å². The smallest absolute Gasteiger partial charge is 0.337 e. The molecule has 9 heteroatoms. The second-order valence-corrected chi connectivity index (χ2v) is 9.98. The standard InChI is InChI=1S/C27H24ClNO6S/c1-15(2)19-7-4-16(3)12-23(19)34-11-10-29-25(30)24(36-27(29)33)14-18-6-9-22(35-18)17-5-8-21(28)20(13-17)26(31)32/h4-9,12-15H,10-11H2,1-3H3,(H,31,32)/b24-14-. The van der Waals surface area contributed by atoms with E-state index in [1.54, 1.807) is 18.2 Å². The molecule has 1 N–H and O–H groups in total. The molecule has 2 amide bonds. The molecular weight excluding hydrogens is 502 g/mol. The van der Waals surface area contributed by atoms with Gasteiger partial charge in [0.05, 0.1) is 22.0 Å². The Morgan fingerprint density at radius 3 is 2.67 bits per heavy atom. The predicted octanol–water partition coefficient (Wildman–Crippen LogP) is 6.85. The minimum Gasteiger partial charge on any atom is -0.491 e. The maximum absolute atomic E-state index is 12.9. The molecule has 3 aromatic rings. The Labute approximate surface area is 217 Å². The number of imide groups is 1. The third kappa shape index (κ3) is 5.50. The van der Waals surface area contributed by atoms with E-state index in [4.69, 9.17) is 20.8 Å². The van der Waals surface area contributed by atoms with Crippen LogP contribution in [0.1, 0.15) is 47.0 Å². The number of amides is 2. The summed E-state index contributed by atoms with van der Waals surface area (Å²) in [6.45, 7) is 6.45. The number of benzene rings is 2. The fraction of sp³-hybridized carbons (Fsp3) is 0.222. The average molecular weight is 526 g/mol. The van der Waals surface area contributed by atoms with Gasteiger partial charge >= 0.3 is 5.97 Å². The normalized spacial score (nSPS) is 14.8. The van der Waals surface area contributed by atoms with E-state index in [1.165, 1.54) is 18.2 Å². The van der Waals surface area contributed by atoms with Gasteiger partial charge in [-0.2, -0.15) is 0 Å². The third-order valence-electron chi connectivity index (χ3n) is 5.62. The van der Waals surface area contributed by atoms with Crippen molar-refractivity contribution in [1.82, 2.24) is 4.90 Å². The van der Waals surface area contributed by atoms with Gasteiger partial charge in [0.15, 0.2) is 0 Å². The largest absolute Gasteiger partial charge is 0.491 e. The molecule has 0 radical (unpaired) electrons. The van der Waals surface area contributed by atoms with Crippen molar-refractivity contribution < 1.29 is 28.6 Å². The first kappa shape index (κ1) is 25.6. The highest BCUT2D eigenvalue weighted by Gasteiger charge is 2.35. The van der Waals surface area contributed by atoms with Gasteiger partial charge in [-0.05, 0) is 72.1 Å². The molecule has 0 bridgehead atoms. The van der Waals surface area contributed by atoms with Gasteiger partial charge in [-0.3, -0.25) is 14.5 Å². The van der Waals surface area contributed by atoms with Crippen LogP contribution >= 0.6 is 23.4 Å². The molecule has 1 aliphatic rings. The summed E-state index contributed by atoms with van der Waals surface area (Å²) >= 11 is 6.77. The van der Waals surface area contributed by atoms with Crippen LogP contribution in [-0.4, -0.2) is 40.3 Å². The molecule has 0 spiro atoms. The number of aryl methyl sites for hydroxylation is 1. The second kappa shape index (κ2) is 10.6. The molecule has 1 fully saturated rings. The molecular formula is C27H24ClNO6S. The van der Waals surface area contributed by atoms with Gasteiger partial charge in [0, 0.05) is 11.6 Å². The summed E-state index contributed by atoms with van der Waals surface area (Å²) in [5, 5.41) is 9.02. The van der Waals surface area contributed by atoms with Crippen molar-refractivity contribution in [2.24, 2.45) is 0 Å². The van der Waals surface area contributed by atoms with Crippen molar-refractivity contribution in [3.05, 3.63) is 80.9 Å². The second-order valence-electron chi connectivity index (χ2n) is 8.58. The van der Waals surface area contributed by atoms with Crippen LogP contribution in [0.5, 0.6) is 5.75 Å². The zero-order valence-electron chi connectivity index (χ0n) is 19.9. The van der Waals surface area contributed by atoms with Crippen LogP contribution < -0.4 is 4.74 Å². The number of nitrogens with zero attached hydrogens (tertiary/aromatic N) is 1. The Bertz CT molecular complexity index is 1380. The van der Waals surface area contributed by atoms with Gasteiger partial charge in [0.25, 0.3) is 11.1 Å². The summed E-state index contributed by atoms with van der Waals surface area (Å²) in [4.78, 5) is 38.1. The molecule has 186 valence electrons. The molecule has 36 heavy (non-hydrogen) atoms. The average Bonchev–Trinajstić information content (AvgIpc) is 3.39. The summed E-state index contributed by atoms with van der Waals surface area (Å²) < 4.78 is 11.7. The fourth-order valence-corrected chi connectivity index (χ4v) is 4.78. The molecule has 1 aliphatic heterocycles. The van der Waals surface area contributed by atoms with Crippen molar-refractivity contribution in [3.8, 4) is 17.1 Å². The molecule has 4 rings (SSSR count). The molecule has 0 saturated carbocycles. The summed E-state index contributed by atoms with van der Waals surface area (Å²) in [6, 6.07) is 13.9. The fourth-order valence-electron chi connectivity index (χ4n) is 3.74. The third-order valence-corrected chi connectivity index (χ3v) is 6.86. The summed E-state index contributed by atoms with van der Waals surface area (Å²) in [7, 11) is 0. The number of rotatable bonds is 8. The molecule has 0 atom stereocenters. The van der Waals surface area contributed by atoms with E-state index in [1.807, 2.05) is 25.1 Å². The van der Waals surface area contributed by atoms with Crippen LogP contribution in [0.3, 0.4) is 0 Å². The lowest BCUT2D eigenvalue weighted by molar-refractivity contribution is -0.123. The van der Waals surface area contributed by atoms with Crippen molar-refractivity contribution in [2.75, 3.05) is 13.2 Å². The number of carbonyl (C=O) groups excluding carboxylic acids is 2. The van der Waals surface area contributed by atoms with Crippen LogP contribution in [-0.2, 0) is 4.79 Å². The summed E-state index contributed by atoms with van der Waals surface area (Å²) in [5.41, 5.74) is 2.62. The number of carbonyl (C=O) groups is 3. The van der Waals surface area contributed by atoms with Crippen molar-refractivity contribution in [2.45, 2.75) is 26.7 Å². The minimum atomic E-state index is -1.14. The highest BCUT2D eigenvalue weighted by atomic mass is 35.5. The van der Waals surface area contributed by atoms with Gasteiger partial charge in [-0.25, -0.2) is 4.79 Å². The highest BCUT2D eigenvalue weighted by Crippen LogP contribution is 2.34. The van der Waals surface area contributed by atoms with Crippen molar-refractivity contribution >= 4 is 46.6 Å². The Morgan fingerprint density at radius 2 is 1.94 bits per heavy atom. The number of halogens is 1. The lowest BCUT2D eigenvalue weighted by Crippen LogP contribution is -2.32. The lowest BCUT2D eigenvalue weighted by atomic mass is 10.0.